The second-order valence-corrected chi connectivity index (χ2v) is 10.9. The van der Waals surface area contributed by atoms with Gasteiger partial charge in [-0.2, -0.15) is 0 Å². The van der Waals surface area contributed by atoms with Crippen molar-refractivity contribution >= 4 is 42.7 Å². The molecule has 0 radical (unpaired) electrons. The van der Waals surface area contributed by atoms with E-state index in [0.29, 0.717) is 33.0 Å². The number of ether oxygens (including phenoxy) is 1. The molecule has 0 aliphatic carbocycles. The van der Waals surface area contributed by atoms with Crippen molar-refractivity contribution < 1.29 is 33.8 Å². The van der Waals surface area contributed by atoms with Gasteiger partial charge in [0, 0.05) is 6.54 Å². The zero-order chi connectivity index (χ0) is 27.2. The Labute approximate surface area is 224 Å². The van der Waals surface area contributed by atoms with Crippen LogP contribution in [0.2, 0.25) is 10.0 Å². The van der Waals surface area contributed by atoms with Crippen molar-refractivity contribution in [2.75, 3.05) is 7.11 Å². The first-order chi connectivity index (χ1) is 17.4. The van der Waals surface area contributed by atoms with Crippen LogP contribution in [0.5, 0.6) is 5.75 Å². The first-order valence-electron chi connectivity index (χ1n) is 11.2. The van der Waals surface area contributed by atoms with E-state index < -0.39 is 25.8 Å². The number of carbonyl (C=O) groups is 2. The van der Waals surface area contributed by atoms with Crippen molar-refractivity contribution in [3.63, 3.8) is 0 Å². The Kier molecular flexibility index (Phi) is 9.76. The smallest absolute Gasteiger partial charge is 0.329 e. The summed E-state index contributed by atoms with van der Waals surface area (Å²) in [5.74, 6) is -0.846. The number of hydrogen-bond acceptors (Lipinski definition) is 4. The monoisotopic (exact) mass is 565 g/mol. The summed E-state index contributed by atoms with van der Waals surface area (Å²) in [5, 5.41) is 10.2. The first-order valence-corrected chi connectivity index (χ1v) is 13.7. The van der Waals surface area contributed by atoms with Gasteiger partial charge in [0.1, 0.15) is 5.75 Å². The Morgan fingerprint density at radius 2 is 1.62 bits per heavy atom. The Morgan fingerprint density at radius 1 is 0.946 bits per heavy atom. The van der Waals surface area contributed by atoms with Crippen LogP contribution >= 0.6 is 30.8 Å². The zero-order valence-electron chi connectivity index (χ0n) is 19.9. The molecule has 1 amide bonds. The quantitative estimate of drug-likeness (QED) is 0.263. The Morgan fingerprint density at radius 3 is 2.22 bits per heavy atom. The molecule has 3 N–H and O–H groups in total. The average Bonchev–Trinajstić information content (AvgIpc) is 2.83. The van der Waals surface area contributed by atoms with Crippen LogP contribution in [-0.2, 0) is 33.3 Å². The van der Waals surface area contributed by atoms with Gasteiger partial charge in [0.2, 0.25) is 5.91 Å². The molecule has 0 fully saturated rings. The second kappa shape index (κ2) is 12.6. The highest BCUT2D eigenvalue weighted by Gasteiger charge is 2.28. The van der Waals surface area contributed by atoms with Gasteiger partial charge in [0.25, 0.3) is 0 Å². The summed E-state index contributed by atoms with van der Waals surface area (Å²) in [6, 6.07) is 17.4. The predicted molar refractivity (Wildman–Crippen MR) is 141 cm³/mol. The average molecular weight is 566 g/mol. The van der Waals surface area contributed by atoms with Gasteiger partial charge in [-0.1, -0.05) is 65.7 Å². The molecule has 1 atom stereocenters. The predicted octanol–water partition coefficient (Wildman–Crippen LogP) is 5.47. The normalized spacial score (nSPS) is 12.1. The number of benzene rings is 3. The fourth-order valence-electron chi connectivity index (χ4n) is 3.91. The van der Waals surface area contributed by atoms with E-state index in [1.165, 1.54) is 12.0 Å². The van der Waals surface area contributed by atoms with E-state index >= 15 is 0 Å². The lowest BCUT2D eigenvalue weighted by molar-refractivity contribution is -0.141. The van der Waals surface area contributed by atoms with Gasteiger partial charge in [-0.3, -0.25) is 14.2 Å². The third-order valence-corrected chi connectivity index (χ3v) is 7.16. The molecule has 0 bridgehead atoms. The Hall–Kier alpha value is -2.87. The zero-order valence-corrected chi connectivity index (χ0v) is 22.3. The molecule has 11 heteroatoms. The van der Waals surface area contributed by atoms with Gasteiger partial charge in [0.15, 0.2) is 0 Å². The second-order valence-electron chi connectivity index (χ2n) is 8.48. The fraction of sp³-hybridized carbons (Fsp3) is 0.231. The molecule has 196 valence electrons. The minimum atomic E-state index is -4.24. The van der Waals surface area contributed by atoms with Gasteiger partial charge < -0.3 is 24.5 Å². The van der Waals surface area contributed by atoms with Crippen molar-refractivity contribution in [1.82, 2.24) is 4.90 Å². The summed E-state index contributed by atoms with van der Waals surface area (Å²) in [6.07, 6.45) is -0.792. The summed E-state index contributed by atoms with van der Waals surface area (Å²) in [7, 11) is -2.71. The standard InChI is InChI=1S/C26H26Cl2NO7P/c1-36-21-4-2-3-19(11-21)12-25(30)29(15-17-5-7-18(8-6-17)16-37(33,34)35)24(14-26(31)32)20-9-10-22(27)23(28)13-20/h2-11,13,24H,12,14-16H2,1H3,(H,31,32)(H2,33,34,35). The minimum Gasteiger partial charge on any atom is -0.497 e. The first kappa shape index (κ1) is 28.7. The summed E-state index contributed by atoms with van der Waals surface area (Å²) >= 11 is 12.3. The molecule has 0 spiro atoms. The molecule has 3 rings (SSSR count). The van der Waals surface area contributed by atoms with Crippen molar-refractivity contribution in [3.05, 3.63) is 99.0 Å². The number of amides is 1. The molecule has 0 heterocycles. The number of carbonyl (C=O) groups excluding carboxylic acids is 1. The number of methoxy groups -OCH3 is 1. The molecule has 0 saturated carbocycles. The number of aliphatic carboxylic acids is 1. The van der Waals surface area contributed by atoms with Crippen LogP contribution in [0.3, 0.4) is 0 Å². The maximum atomic E-state index is 13.6. The molecular weight excluding hydrogens is 540 g/mol. The maximum absolute atomic E-state index is 13.6. The molecular formula is C26H26Cl2NO7P. The van der Waals surface area contributed by atoms with E-state index in [4.69, 9.17) is 27.9 Å². The van der Waals surface area contributed by atoms with Gasteiger partial charge in [-0.05, 0) is 46.5 Å². The van der Waals surface area contributed by atoms with E-state index in [0.717, 1.165) is 0 Å². The lowest BCUT2D eigenvalue weighted by Crippen LogP contribution is -2.36. The molecule has 37 heavy (non-hydrogen) atoms. The molecule has 8 nitrogen and oxygen atoms in total. The van der Waals surface area contributed by atoms with E-state index in [-0.39, 0.29) is 30.3 Å². The third-order valence-electron chi connectivity index (χ3n) is 5.65. The van der Waals surface area contributed by atoms with Crippen LogP contribution in [-0.4, -0.2) is 38.8 Å². The number of carboxylic acid groups (broad SMARTS) is 1. The highest BCUT2D eigenvalue weighted by Crippen LogP contribution is 2.39. The summed E-state index contributed by atoms with van der Waals surface area (Å²) in [4.78, 5) is 45.4. The number of carboxylic acids is 1. The summed E-state index contributed by atoms with van der Waals surface area (Å²) < 4.78 is 16.6. The molecule has 3 aromatic carbocycles. The van der Waals surface area contributed by atoms with Crippen LogP contribution in [0.4, 0.5) is 0 Å². The van der Waals surface area contributed by atoms with Crippen LogP contribution in [0.25, 0.3) is 0 Å². The van der Waals surface area contributed by atoms with Crippen LogP contribution in [0, 0.1) is 0 Å². The minimum absolute atomic E-state index is 0.00900. The van der Waals surface area contributed by atoms with E-state index in [9.17, 15) is 29.0 Å². The van der Waals surface area contributed by atoms with Crippen LogP contribution in [0.1, 0.15) is 34.7 Å². The number of halogens is 2. The Bertz CT molecular complexity index is 1310. The van der Waals surface area contributed by atoms with Gasteiger partial charge in [0.05, 0.1) is 42.2 Å². The van der Waals surface area contributed by atoms with Crippen LogP contribution < -0.4 is 4.74 Å². The Balaban J connectivity index is 1.99. The summed E-state index contributed by atoms with van der Waals surface area (Å²) in [5.41, 5.74) is 2.30. The van der Waals surface area contributed by atoms with E-state index in [1.807, 2.05) is 0 Å². The molecule has 3 aromatic rings. The largest absolute Gasteiger partial charge is 0.497 e. The molecule has 0 aliphatic heterocycles. The van der Waals surface area contributed by atoms with Crippen LogP contribution in [0.15, 0.2) is 66.7 Å². The SMILES string of the molecule is COc1cccc(CC(=O)N(Cc2ccc(CP(=O)(O)O)cc2)C(CC(=O)O)c2ccc(Cl)c(Cl)c2)c1. The highest BCUT2D eigenvalue weighted by molar-refractivity contribution is 7.50. The molecule has 0 aliphatic rings. The lowest BCUT2D eigenvalue weighted by Gasteiger charge is -2.32. The molecule has 0 saturated heterocycles. The molecule has 1 unspecified atom stereocenters. The van der Waals surface area contributed by atoms with Gasteiger partial charge in [-0.25, -0.2) is 0 Å². The van der Waals surface area contributed by atoms with E-state index in [1.54, 1.807) is 66.7 Å². The van der Waals surface area contributed by atoms with Crippen molar-refractivity contribution in [3.8, 4) is 5.75 Å². The topological polar surface area (TPSA) is 124 Å². The highest BCUT2D eigenvalue weighted by atomic mass is 35.5. The van der Waals surface area contributed by atoms with Crippen molar-refractivity contribution in [2.45, 2.75) is 31.6 Å². The number of rotatable bonds is 11. The fourth-order valence-corrected chi connectivity index (χ4v) is 4.90. The number of nitrogens with zero attached hydrogens (tertiary/aromatic N) is 1. The maximum Gasteiger partial charge on any atom is 0.329 e. The van der Waals surface area contributed by atoms with Gasteiger partial charge in [-0.15, -0.1) is 0 Å². The lowest BCUT2D eigenvalue weighted by atomic mass is 9.99. The van der Waals surface area contributed by atoms with E-state index in [2.05, 4.69) is 0 Å². The third kappa shape index (κ3) is 8.59. The van der Waals surface area contributed by atoms with Crippen molar-refractivity contribution in [1.29, 1.82) is 0 Å². The molecule has 0 aromatic heterocycles. The van der Waals surface area contributed by atoms with Gasteiger partial charge >= 0.3 is 13.6 Å². The summed E-state index contributed by atoms with van der Waals surface area (Å²) in [6.45, 7) is 0.0528. The number of hydrogen-bond donors (Lipinski definition) is 3. The van der Waals surface area contributed by atoms with Crippen molar-refractivity contribution in [2.24, 2.45) is 0 Å².